The van der Waals surface area contributed by atoms with Crippen LogP contribution in [0.1, 0.15) is 36.9 Å². The fourth-order valence-electron chi connectivity index (χ4n) is 2.76. The van der Waals surface area contributed by atoms with Crippen LogP contribution in [-0.4, -0.2) is 52.0 Å². The van der Waals surface area contributed by atoms with Crippen LogP contribution >= 0.6 is 0 Å². The largest absolute Gasteiger partial charge is 0.343 e. The Morgan fingerprint density at radius 2 is 2.09 bits per heavy atom. The first kappa shape index (κ1) is 14.5. The minimum Gasteiger partial charge on any atom is -0.343 e. The quantitative estimate of drug-likeness (QED) is 0.739. The van der Waals surface area contributed by atoms with Gasteiger partial charge in [0.2, 0.25) is 11.8 Å². The summed E-state index contributed by atoms with van der Waals surface area (Å²) in [5.41, 5.74) is 0. The molecule has 1 atom stereocenters. The lowest BCUT2D eigenvalue weighted by Crippen LogP contribution is -2.42. The molecule has 0 saturated carbocycles. The van der Waals surface area contributed by atoms with Crippen molar-refractivity contribution in [2.24, 2.45) is 0 Å². The van der Waals surface area contributed by atoms with Gasteiger partial charge in [-0.1, -0.05) is 5.16 Å². The van der Waals surface area contributed by atoms with Gasteiger partial charge in [-0.05, 0) is 19.8 Å². The molecule has 2 aliphatic heterocycles. The average molecular weight is 307 g/mol. The number of hydrogen-bond acceptors (Lipinski definition) is 6. The molecule has 1 aromatic heterocycles. The van der Waals surface area contributed by atoms with Gasteiger partial charge in [-0.3, -0.25) is 14.9 Å². The van der Waals surface area contributed by atoms with E-state index >= 15 is 0 Å². The summed E-state index contributed by atoms with van der Waals surface area (Å²) in [6.07, 6.45) is 1.48. The van der Waals surface area contributed by atoms with Crippen LogP contribution < -0.4 is 10.6 Å². The highest BCUT2D eigenvalue weighted by Crippen LogP contribution is 2.27. The Morgan fingerprint density at radius 1 is 1.36 bits per heavy atom. The van der Waals surface area contributed by atoms with Gasteiger partial charge < -0.3 is 14.7 Å². The molecule has 3 heterocycles. The molecule has 2 aliphatic rings. The van der Waals surface area contributed by atoms with Crippen molar-refractivity contribution in [3.8, 4) is 0 Å². The van der Waals surface area contributed by atoms with E-state index in [-0.39, 0.29) is 18.2 Å². The van der Waals surface area contributed by atoms with Crippen molar-refractivity contribution in [3.05, 3.63) is 11.7 Å². The number of aromatic nitrogens is 2. The number of piperidine rings is 1. The van der Waals surface area contributed by atoms with Crippen LogP contribution in [0.4, 0.5) is 4.79 Å². The molecule has 2 N–H and O–H groups in total. The van der Waals surface area contributed by atoms with E-state index in [9.17, 15) is 14.4 Å². The molecule has 0 aromatic carbocycles. The summed E-state index contributed by atoms with van der Waals surface area (Å²) in [6.45, 7) is 2.92. The number of nitrogens with zero attached hydrogens (tertiary/aromatic N) is 3. The second kappa shape index (κ2) is 5.74. The summed E-state index contributed by atoms with van der Waals surface area (Å²) in [4.78, 5) is 40.6. The van der Waals surface area contributed by atoms with Gasteiger partial charge in [0, 0.05) is 19.0 Å². The van der Waals surface area contributed by atoms with Gasteiger partial charge in [-0.25, -0.2) is 4.79 Å². The SMILES string of the molecule is Cc1noc(C2CCN(C(=O)CC3NC(=O)NC3=O)CC2)n1. The maximum absolute atomic E-state index is 12.2. The highest BCUT2D eigenvalue weighted by molar-refractivity contribution is 6.05. The molecule has 22 heavy (non-hydrogen) atoms. The molecule has 4 amide bonds. The number of carbonyl (C=O) groups is 3. The van der Waals surface area contributed by atoms with E-state index in [0.29, 0.717) is 24.8 Å². The molecule has 0 spiro atoms. The second-order valence-corrected chi connectivity index (χ2v) is 5.55. The number of imide groups is 1. The van der Waals surface area contributed by atoms with E-state index in [1.807, 2.05) is 0 Å². The Labute approximate surface area is 126 Å². The van der Waals surface area contributed by atoms with Crippen LogP contribution in [-0.2, 0) is 9.59 Å². The van der Waals surface area contributed by atoms with E-state index in [2.05, 4.69) is 20.8 Å². The standard InChI is InChI=1S/C13H17N5O4/c1-7-14-12(22-17-7)8-2-4-18(5-3-8)10(19)6-9-11(20)16-13(21)15-9/h8-9H,2-6H2,1H3,(H2,15,16,20,21). The predicted octanol–water partition coefficient (Wildman–Crippen LogP) is -0.318. The minimum atomic E-state index is -0.767. The molecule has 2 fully saturated rings. The zero-order valence-corrected chi connectivity index (χ0v) is 12.2. The fourth-order valence-corrected chi connectivity index (χ4v) is 2.76. The number of nitrogens with one attached hydrogen (secondary N) is 2. The van der Waals surface area contributed by atoms with Gasteiger partial charge in [-0.2, -0.15) is 4.98 Å². The lowest BCUT2D eigenvalue weighted by Gasteiger charge is -2.30. The molecule has 9 heteroatoms. The summed E-state index contributed by atoms with van der Waals surface area (Å²) < 4.78 is 5.17. The van der Waals surface area contributed by atoms with Crippen LogP contribution in [0.5, 0.6) is 0 Å². The van der Waals surface area contributed by atoms with Gasteiger partial charge in [-0.15, -0.1) is 0 Å². The number of aryl methyl sites for hydroxylation is 1. The summed E-state index contributed by atoms with van der Waals surface area (Å²) in [5, 5.41) is 8.33. The van der Waals surface area contributed by atoms with Gasteiger partial charge >= 0.3 is 6.03 Å². The van der Waals surface area contributed by atoms with E-state index in [1.54, 1.807) is 11.8 Å². The van der Waals surface area contributed by atoms with Crippen molar-refractivity contribution in [1.29, 1.82) is 0 Å². The molecule has 1 aromatic rings. The second-order valence-electron chi connectivity index (χ2n) is 5.55. The number of urea groups is 1. The monoisotopic (exact) mass is 307 g/mol. The molecule has 0 aliphatic carbocycles. The third kappa shape index (κ3) is 2.92. The van der Waals surface area contributed by atoms with Crippen LogP contribution in [0.25, 0.3) is 0 Å². The maximum Gasteiger partial charge on any atom is 0.322 e. The van der Waals surface area contributed by atoms with Crippen LogP contribution in [0, 0.1) is 6.92 Å². The average Bonchev–Trinajstić information content (AvgIpc) is 3.05. The Bertz CT molecular complexity index is 605. The number of amides is 4. The highest BCUT2D eigenvalue weighted by Gasteiger charge is 2.34. The zero-order chi connectivity index (χ0) is 15.7. The predicted molar refractivity (Wildman–Crippen MR) is 72.7 cm³/mol. The molecule has 0 bridgehead atoms. The third-order valence-corrected chi connectivity index (χ3v) is 3.98. The van der Waals surface area contributed by atoms with E-state index in [1.165, 1.54) is 0 Å². The van der Waals surface area contributed by atoms with E-state index in [4.69, 9.17) is 4.52 Å². The van der Waals surface area contributed by atoms with Crippen molar-refractivity contribution in [2.45, 2.75) is 38.1 Å². The van der Waals surface area contributed by atoms with Crippen molar-refractivity contribution in [1.82, 2.24) is 25.7 Å². The van der Waals surface area contributed by atoms with Crippen molar-refractivity contribution in [3.63, 3.8) is 0 Å². The number of likely N-dealkylation sites (tertiary alicyclic amines) is 1. The topological polar surface area (TPSA) is 117 Å². The van der Waals surface area contributed by atoms with Crippen LogP contribution in [0.15, 0.2) is 4.52 Å². The first-order valence-corrected chi connectivity index (χ1v) is 7.22. The number of rotatable bonds is 3. The van der Waals surface area contributed by atoms with Gasteiger partial charge in [0.25, 0.3) is 5.91 Å². The van der Waals surface area contributed by atoms with Gasteiger partial charge in [0.05, 0.1) is 6.42 Å². The molecule has 1 unspecified atom stereocenters. The van der Waals surface area contributed by atoms with Crippen molar-refractivity contribution >= 4 is 17.8 Å². The van der Waals surface area contributed by atoms with E-state index in [0.717, 1.165) is 12.8 Å². The normalized spacial score (nSPS) is 22.6. The summed E-state index contributed by atoms with van der Waals surface area (Å²) in [5.74, 6) is 0.806. The lowest BCUT2D eigenvalue weighted by atomic mass is 9.96. The van der Waals surface area contributed by atoms with Crippen LogP contribution in [0.3, 0.4) is 0 Å². The molecule has 118 valence electrons. The Morgan fingerprint density at radius 3 is 2.64 bits per heavy atom. The van der Waals surface area contributed by atoms with Crippen LogP contribution in [0.2, 0.25) is 0 Å². The lowest BCUT2D eigenvalue weighted by molar-refractivity contribution is -0.134. The number of carbonyl (C=O) groups excluding carboxylic acids is 3. The first-order chi connectivity index (χ1) is 10.5. The molecule has 3 rings (SSSR count). The molecule has 0 radical (unpaired) electrons. The smallest absolute Gasteiger partial charge is 0.322 e. The van der Waals surface area contributed by atoms with Crippen molar-refractivity contribution in [2.75, 3.05) is 13.1 Å². The van der Waals surface area contributed by atoms with Gasteiger partial charge in [0.1, 0.15) is 6.04 Å². The minimum absolute atomic E-state index is 0.0120. The fraction of sp³-hybridized carbons (Fsp3) is 0.615. The molecule has 9 nitrogen and oxygen atoms in total. The molecular weight excluding hydrogens is 290 g/mol. The molecule has 2 saturated heterocycles. The number of hydrogen-bond donors (Lipinski definition) is 2. The summed E-state index contributed by atoms with van der Waals surface area (Å²) in [7, 11) is 0. The zero-order valence-electron chi connectivity index (χ0n) is 12.2. The van der Waals surface area contributed by atoms with E-state index < -0.39 is 18.0 Å². The maximum atomic E-state index is 12.2. The highest BCUT2D eigenvalue weighted by atomic mass is 16.5. The van der Waals surface area contributed by atoms with Gasteiger partial charge in [0.15, 0.2) is 5.82 Å². The molecular formula is C13H17N5O4. The first-order valence-electron chi connectivity index (χ1n) is 7.22. The Kier molecular flexibility index (Phi) is 3.78. The third-order valence-electron chi connectivity index (χ3n) is 3.98. The Hall–Kier alpha value is -2.45. The Balaban J connectivity index is 1.51. The van der Waals surface area contributed by atoms with Crippen molar-refractivity contribution < 1.29 is 18.9 Å². The summed E-state index contributed by atoms with van der Waals surface area (Å²) >= 11 is 0. The summed E-state index contributed by atoms with van der Waals surface area (Å²) in [6, 6.07) is -1.32.